The van der Waals surface area contributed by atoms with Crippen LogP contribution in [0.5, 0.6) is 5.75 Å². The highest BCUT2D eigenvalue weighted by atomic mass is 32.2. The number of hydrogen-bond donors (Lipinski definition) is 3. The van der Waals surface area contributed by atoms with Crippen molar-refractivity contribution in [2.24, 2.45) is 5.92 Å². The van der Waals surface area contributed by atoms with Crippen molar-refractivity contribution in [2.75, 3.05) is 36.8 Å². The fourth-order valence-electron chi connectivity index (χ4n) is 4.55. The molecular formula is C27H35N5O7S2. The van der Waals surface area contributed by atoms with Crippen molar-refractivity contribution < 1.29 is 32.4 Å². The minimum absolute atomic E-state index is 0.0595. The first-order chi connectivity index (χ1) is 19.4. The minimum Gasteiger partial charge on any atom is -0.488 e. The van der Waals surface area contributed by atoms with Crippen molar-refractivity contribution in [1.82, 2.24) is 15.0 Å². The van der Waals surface area contributed by atoms with Gasteiger partial charge in [-0.2, -0.15) is 0 Å². The van der Waals surface area contributed by atoms with Gasteiger partial charge in [0.15, 0.2) is 5.76 Å². The summed E-state index contributed by atoms with van der Waals surface area (Å²) in [6.07, 6.45) is -0.599. The van der Waals surface area contributed by atoms with Crippen LogP contribution in [0.3, 0.4) is 0 Å². The molecule has 0 saturated heterocycles. The SMILES string of the molecule is Cc1noc(C)c1NC(=O)N(C)C[C@@H]1Oc2ccc(NS(=O)(=O)c3cccs3)cc2CC(=O)N([C@H](C)CO)C[C@@H]1C. The van der Waals surface area contributed by atoms with Gasteiger partial charge in [0, 0.05) is 30.8 Å². The fraction of sp³-hybridized carbons (Fsp3) is 0.444. The summed E-state index contributed by atoms with van der Waals surface area (Å²) in [5.41, 5.74) is 1.83. The number of aliphatic hydroxyl groups is 1. The number of urea groups is 1. The molecular weight excluding hydrogens is 570 g/mol. The number of aryl methyl sites for hydroxylation is 2. The van der Waals surface area contributed by atoms with Crippen LogP contribution in [0.4, 0.5) is 16.2 Å². The molecule has 1 aliphatic heterocycles. The summed E-state index contributed by atoms with van der Waals surface area (Å²) in [5, 5.41) is 18.2. The summed E-state index contributed by atoms with van der Waals surface area (Å²) >= 11 is 1.10. The highest BCUT2D eigenvalue weighted by molar-refractivity contribution is 7.94. The van der Waals surface area contributed by atoms with Gasteiger partial charge in [0.2, 0.25) is 5.91 Å². The lowest BCUT2D eigenvalue weighted by Gasteiger charge is -2.34. The van der Waals surface area contributed by atoms with Crippen molar-refractivity contribution in [3.63, 3.8) is 0 Å². The van der Waals surface area contributed by atoms with Crippen LogP contribution < -0.4 is 14.8 Å². The van der Waals surface area contributed by atoms with E-state index in [0.717, 1.165) is 11.3 Å². The molecule has 3 atom stereocenters. The maximum absolute atomic E-state index is 13.4. The van der Waals surface area contributed by atoms with E-state index in [1.165, 1.54) is 11.0 Å². The van der Waals surface area contributed by atoms with Crippen LogP contribution in [-0.2, 0) is 21.2 Å². The monoisotopic (exact) mass is 605 g/mol. The smallest absolute Gasteiger partial charge is 0.321 e. The largest absolute Gasteiger partial charge is 0.488 e. The Bertz CT molecular complexity index is 1470. The third-order valence-electron chi connectivity index (χ3n) is 6.99. The molecule has 0 saturated carbocycles. The Morgan fingerprint density at radius 3 is 2.71 bits per heavy atom. The quantitative estimate of drug-likeness (QED) is 0.353. The molecule has 1 aliphatic rings. The van der Waals surface area contributed by atoms with Crippen molar-refractivity contribution in [3.8, 4) is 5.75 Å². The van der Waals surface area contributed by atoms with Crippen LogP contribution >= 0.6 is 11.3 Å². The Balaban J connectivity index is 1.62. The van der Waals surface area contributed by atoms with Crippen LogP contribution in [0.2, 0.25) is 0 Å². The van der Waals surface area contributed by atoms with Gasteiger partial charge < -0.3 is 29.5 Å². The second-order valence-electron chi connectivity index (χ2n) is 10.3. The van der Waals surface area contributed by atoms with Gasteiger partial charge in [-0.15, -0.1) is 11.3 Å². The van der Waals surface area contributed by atoms with E-state index in [1.54, 1.807) is 62.4 Å². The second kappa shape index (κ2) is 12.5. The van der Waals surface area contributed by atoms with Gasteiger partial charge in [-0.3, -0.25) is 9.52 Å². The molecule has 0 spiro atoms. The molecule has 0 fully saturated rings. The molecule has 0 unspecified atom stereocenters. The number of carbonyl (C=O) groups is 2. The minimum atomic E-state index is -3.80. The lowest BCUT2D eigenvalue weighted by atomic mass is 10.0. The van der Waals surface area contributed by atoms with Gasteiger partial charge in [0.25, 0.3) is 10.0 Å². The molecule has 12 nitrogen and oxygen atoms in total. The molecule has 0 aliphatic carbocycles. The summed E-state index contributed by atoms with van der Waals surface area (Å²) in [5.74, 6) is 0.437. The summed E-state index contributed by atoms with van der Waals surface area (Å²) in [4.78, 5) is 29.5. The number of sulfonamides is 1. The van der Waals surface area contributed by atoms with E-state index in [-0.39, 0.29) is 53.9 Å². The average Bonchev–Trinajstić information content (AvgIpc) is 3.59. The zero-order chi connectivity index (χ0) is 29.9. The van der Waals surface area contributed by atoms with E-state index >= 15 is 0 Å². The number of hydrogen-bond acceptors (Lipinski definition) is 9. The van der Waals surface area contributed by atoms with Crippen molar-refractivity contribution in [3.05, 3.63) is 52.7 Å². The standard InChI is InChI=1S/C27H35N5O7S2/c1-16-13-32(17(2)15-33)24(34)12-20-11-21(30-41(36,37)25-7-6-10-40-25)8-9-22(20)38-23(16)14-31(5)27(35)28-26-18(3)29-39-19(26)4/h6-11,16-17,23,30,33H,12-15H2,1-5H3,(H,28,35)/t16-,17+,23-/m0/s1. The Kier molecular flexibility index (Phi) is 9.24. The molecule has 3 N–H and O–H groups in total. The van der Waals surface area contributed by atoms with Gasteiger partial charge in [0.1, 0.15) is 27.4 Å². The van der Waals surface area contributed by atoms with Crippen molar-refractivity contribution in [1.29, 1.82) is 0 Å². The molecule has 3 heterocycles. The highest BCUT2D eigenvalue weighted by Crippen LogP contribution is 2.30. The number of aliphatic hydroxyl groups excluding tert-OH is 1. The second-order valence-corrected chi connectivity index (χ2v) is 13.1. The summed E-state index contributed by atoms with van der Waals surface area (Å²) in [6, 6.07) is 7.12. The van der Waals surface area contributed by atoms with Gasteiger partial charge in [-0.25, -0.2) is 13.2 Å². The Morgan fingerprint density at radius 1 is 1.32 bits per heavy atom. The van der Waals surface area contributed by atoms with Crippen LogP contribution in [0.1, 0.15) is 30.9 Å². The van der Waals surface area contributed by atoms with Crippen molar-refractivity contribution in [2.45, 2.75) is 50.5 Å². The van der Waals surface area contributed by atoms with Gasteiger partial charge in [0.05, 0.1) is 25.6 Å². The molecule has 4 rings (SSSR count). The first-order valence-corrected chi connectivity index (χ1v) is 15.5. The third-order valence-corrected chi connectivity index (χ3v) is 9.77. The maximum atomic E-state index is 13.4. The summed E-state index contributed by atoms with van der Waals surface area (Å²) < 4.78 is 39.9. The molecule has 1 aromatic carbocycles. The number of rotatable bonds is 8. The summed E-state index contributed by atoms with van der Waals surface area (Å²) in [6.45, 7) is 7.36. The highest BCUT2D eigenvalue weighted by Gasteiger charge is 2.32. The molecule has 2 aromatic heterocycles. The van der Waals surface area contributed by atoms with Crippen molar-refractivity contribution >= 4 is 44.7 Å². The molecule has 3 amide bonds. The zero-order valence-electron chi connectivity index (χ0n) is 23.6. The lowest BCUT2D eigenvalue weighted by Crippen LogP contribution is -2.48. The number of amides is 3. The number of carbonyl (C=O) groups excluding carboxylic acids is 2. The Labute approximate surface area is 243 Å². The molecule has 0 bridgehead atoms. The number of likely N-dealkylation sites (N-methyl/N-ethyl adjacent to an activating group) is 1. The van der Waals surface area contributed by atoms with E-state index in [2.05, 4.69) is 15.2 Å². The van der Waals surface area contributed by atoms with E-state index < -0.39 is 22.2 Å². The topological polar surface area (TPSA) is 154 Å². The van der Waals surface area contributed by atoms with Gasteiger partial charge >= 0.3 is 6.03 Å². The van der Waals surface area contributed by atoms with E-state index in [0.29, 0.717) is 28.5 Å². The number of nitrogens with one attached hydrogen (secondary N) is 2. The van der Waals surface area contributed by atoms with E-state index in [4.69, 9.17) is 9.26 Å². The Morgan fingerprint density at radius 2 is 2.07 bits per heavy atom. The van der Waals surface area contributed by atoms with Gasteiger partial charge in [-0.05, 0) is 50.4 Å². The number of benzene rings is 1. The van der Waals surface area contributed by atoms with Crippen LogP contribution in [0.15, 0.2) is 44.4 Å². The predicted molar refractivity (Wildman–Crippen MR) is 155 cm³/mol. The normalized spacial score (nSPS) is 18.4. The number of anilines is 2. The zero-order valence-corrected chi connectivity index (χ0v) is 25.2. The fourth-order valence-corrected chi connectivity index (χ4v) is 6.59. The number of aromatic nitrogens is 1. The number of thiophene rings is 1. The third kappa shape index (κ3) is 7.00. The molecule has 3 aromatic rings. The van der Waals surface area contributed by atoms with E-state index in [9.17, 15) is 23.1 Å². The van der Waals surface area contributed by atoms with Gasteiger partial charge in [-0.1, -0.05) is 18.1 Å². The average molecular weight is 606 g/mol. The van der Waals surface area contributed by atoms with Crippen LogP contribution in [0.25, 0.3) is 0 Å². The first kappa shape index (κ1) is 30.3. The molecule has 14 heteroatoms. The number of ether oxygens (including phenoxy) is 1. The van der Waals surface area contributed by atoms with Crippen LogP contribution in [-0.4, -0.2) is 79.3 Å². The molecule has 0 radical (unpaired) electrons. The molecule has 222 valence electrons. The van der Waals surface area contributed by atoms with Crippen LogP contribution in [0, 0.1) is 19.8 Å². The lowest BCUT2D eigenvalue weighted by molar-refractivity contribution is -0.134. The predicted octanol–water partition coefficient (Wildman–Crippen LogP) is 3.47. The first-order valence-electron chi connectivity index (χ1n) is 13.1. The molecule has 41 heavy (non-hydrogen) atoms. The maximum Gasteiger partial charge on any atom is 0.321 e. The van der Waals surface area contributed by atoms with E-state index in [1.807, 2.05) is 6.92 Å². The Hall–Kier alpha value is -3.62. The summed E-state index contributed by atoms with van der Waals surface area (Å²) in [7, 11) is -2.16. The number of nitrogens with zero attached hydrogens (tertiary/aromatic N) is 3. The number of fused-ring (bicyclic) bond motifs is 1.